The minimum atomic E-state index is -0.308. The Labute approximate surface area is 151 Å². The molecule has 7 heteroatoms. The van der Waals surface area contributed by atoms with Gasteiger partial charge in [0, 0.05) is 43.1 Å². The lowest BCUT2D eigenvalue weighted by atomic mass is 10.1. The van der Waals surface area contributed by atoms with Gasteiger partial charge in [0.15, 0.2) is 0 Å². The highest BCUT2D eigenvalue weighted by atomic mass is 16.5. The van der Waals surface area contributed by atoms with E-state index < -0.39 is 0 Å². The molecule has 0 bridgehead atoms. The fourth-order valence-electron chi connectivity index (χ4n) is 3.24. The molecular weight excluding hydrogens is 330 g/mol. The van der Waals surface area contributed by atoms with Crippen molar-refractivity contribution in [3.63, 3.8) is 0 Å². The number of hydrogen-bond acceptors (Lipinski definition) is 6. The maximum absolute atomic E-state index is 13.1. The number of rotatable bonds is 3. The lowest BCUT2D eigenvalue weighted by Crippen LogP contribution is -2.42. The van der Waals surface area contributed by atoms with E-state index in [2.05, 4.69) is 20.3 Å². The highest BCUT2D eigenvalue weighted by molar-refractivity contribution is 6.06. The van der Waals surface area contributed by atoms with Gasteiger partial charge < -0.3 is 15.0 Å². The Morgan fingerprint density at radius 3 is 2.92 bits per heavy atom. The maximum Gasteiger partial charge on any atom is 0.254 e. The first-order chi connectivity index (χ1) is 12.8. The van der Waals surface area contributed by atoms with Crippen LogP contribution in [0.5, 0.6) is 0 Å². The molecule has 3 aromatic rings. The van der Waals surface area contributed by atoms with E-state index in [9.17, 15) is 4.79 Å². The number of morpholine rings is 1. The number of pyridine rings is 1. The van der Waals surface area contributed by atoms with Gasteiger partial charge in [0.25, 0.3) is 5.91 Å². The highest BCUT2D eigenvalue weighted by Gasteiger charge is 2.29. The zero-order valence-electron chi connectivity index (χ0n) is 14.4. The molecule has 7 nitrogen and oxygen atoms in total. The Morgan fingerprint density at radius 2 is 2.04 bits per heavy atom. The van der Waals surface area contributed by atoms with E-state index in [1.165, 1.54) is 0 Å². The van der Waals surface area contributed by atoms with Crippen molar-refractivity contribution >= 4 is 22.6 Å². The van der Waals surface area contributed by atoms with Crippen LogP contribution in [0.3, 0.4) is 0 Å². The molecule has 132 valence electrons. The van der Waals surface area contributed by atoms with Crippen molar-refractivity contribution in [2.45, 2.75) is 6.10 Å². The summed E-state index contributed by atoms with van der Waals surface area (Å²) < 4.78 is 5.86. The van der Waals surface area contributed by atoms with Crippen molar-refractivity contribution in [1.29, 1.82) is 0 Å². The zero-order valence-corrected chi connectivity index (χ0v) is 14.4. The first-order valence-corrected chi connectivity index (χ1v) is 8.51. The van der Waals surface area contributed by atoms with E-state index in [0.29, 0.717) is 36.8 Å². The number of fused-ring (bicyclic) bond motifs is 1. The molecule has 1 fully saturated rings. The van der Waals surface area contributed by atoms with Crippen LogP contribution in [0.15, 0.2) is 48.9 Å². The van der Waals surface area contributed by atoms with Crippen molar-refractivity contribution in [3.8, 4) is 0 Å². The molecule has 2 aromatic heterocycles. The molecule has 0 unspecified atom stereocenters. The molecule has 1 saturated heterocycles. The van der Waals surface area contributed by atoms with Crippen LogP contribution < -0.4 is 5.32 Å². The predicted octanol–water partition coefficient (Wildman–Crippen LogP) is 2.28. The Hall–Kier alpha value is -3.06. The molecule has 3 heterocycles. The van der Waals surface area contributed by atoms with E-state index in [4.69, 9.17) is 4.74 Å². The van der Waals surface area contributed by atoms with Gasteiger partial charge in [-0.1, -0.05) is 12.1 Å². The molecule has 1 aromatic carbocycles. The number of amides is 1. The molecule has 1 aliphatic rings. The largest absolute Gasteiger partial charge is 0.372 e. The summed E-state index contributed by atoms with van der Waals surface area (Å²) in [5.74, 6) is 0.646. The quantitative estimate of drug-likeness (QED) is 0.781. The Kier molecular flexibility index (Phi) is 4.45. The second kappa shape index (κ2) is 7.05. The number of anilines is 1. The summed E-state index contributed by atoms with van der Waals surface area (Å²) in [6.45, 7) is 1.43. The molecule has 26 heavy (non-hydrogen) atoms. The Balaban J connectivity index is 1.62. The summed E-state index contributed by atoms with van der Waals surface area (Å²) in [7, 11) is 1.79. The molecule has 1 amide bonds. The molecule has 0 saturated carbocycles. The van der Waals surface area contributed by atoms with Gasteiger partial charge in [-0.3, -0.25) is 14.8 Å². The van der Waals surface area contributed by atoms with E-state index >= 15 is 0 Å². The number of benzene rings is 1. The first-order valence-electron chi connectivity index (χ1n) is 8.51. The molecule has 0 aliphatic carbocycles. The number of nitrogens with zero attached hydrogens (tertiary/aromatic N) is 4. The van der Waals surface area contributed by atoms with Crippen molar-refractivity contribution in [2.75, 3.05) is 32.1 Å². The van der Waals surface area contributed by atoms with Gasteiger partial charge in [-0.25, -0.2) is 4.98 Å². The van der Waals surface area contributed by atoms with Crippen molar-refractivity contribution in [3.05, 3.63) is 60.2 Å². The van der Waals surface area contributed by atoms with Gasteiger partial charge >= 0.3 is 0 Å². The van der Waals surface area contributed by atoms with Crippen LogP contribution in [-0.4, -0.2) is 52.5 Å². The zero-order chi connectivity index (χ0) is 17.9. The lowest BCUT2D eigenvalue weighted by molar-refractivity contribution is -0.0244. The summed E-state index contributed by atoms with van der Waals surface area (Å²) in [6, 6.07) is 9.39. The fourth-order valence-corrected chi connectivity index (χ4v) is 3.24. The predicted molar refractivity (Wildman–Crippen MR) is 97.9 cm³/mol. The minimum absolute atomic E-state index is 0.0215. The summed E-state index contributed by atoms with van der Waals surface area (Å²) in [5.41, 5.74) is 2.19. The molecular formula is C19H19N5O2. The molecule has 4 rings (SSSR count). The minimum Gasteiger partial charge on any atom is -0.372 e. The van der Waals surface area contributed by atoms with Crippen LogP contribution >= 0.6 is 0 Å². The number of ether oxygens (including phenoxy) is 1. The van der Waals surface area contributed by atoms with Gasteiger partial charge in [0.05, 0.1) is 18.7 Å². The van der Waals surface area contributed by atoms with E-state index in [1.54, 1.807) is 25.6 Å². The molecule has 0 radical (unpaired) electrons. The van der Waals surface area contributed by atoms with E-state index in [-0.39, 0.29) is 12.0 Å². The molecule has 0 spiro atoms. The van der Waals surface area contributed by atoms with Crippen molar-refractivity contribution in [2.24, 2.45) is 0 Å². The number of carbonyl (C=O) groups is 1. The van der Waals surface area contributed by atoms with Crippen LogP contribution in [0, 0.1) is 0 Å². The van der Waals surface area contributed by atoms with Crippen LogP contribution in [0.25, 0.3) is 10.9 Å². The smallest absolute Gasteiger partial charge is 0.254 e. The van der Waals surface area contributed by atoms with Crippen LogP contribution in [0.4, 0.5) is 5.82 Å². The number of hydrogen-bond donors (Lipinski definition) is 1. The highest BCUT2D eigenvalue weighted by Crippen LogP contribution is 2.27. The van der Waals surface area contributed by atoms with Crippen LogP contribution in [-0.2, 0) is 4.74 Å². The maximum atomic E-state index is 13.1. The van der Waals surface area contributed by atoms with E-state index in [1.807, 2.05) is 35.2 Å². The van der Waals surface area contributed by atoms with Crippen LogP contribution in [0.1, 0.15) is 22.2 Å². The SMILES string of the molecule is CNc1nccnc1[C@@H]1CN(C(=O)c2cccc3ncccc23)CCO1. The van der Waals surface area contributed by atoms with Crippen molar-refractivity contribution < 1.29 is 9.53 Å². The number of aromatic nitrogens is 3. The number of nitrogens with one attached hydrogen (secondary N) is 1. The number of carbonyl (C=O) groups excluding carboxylic acids is 1. The van der Waals surface area contributed by atoms with Gasteiger partial charge in [0.1, 0.15) is 17.6 Å². The summed E-state index contributed by atoms with van der Waals surface area (Å²) in [5, 5.41) is 3.89. The second-order valence-corrected chi connectivity index (χ2v) is 6.03. The Morgan fingerprint density at radius 1 is 1.15 bits per heavy atom. The molecule has 1 atom stereocenters. The third-order valence-electron chi connectivity index (χ3n) is 4.50. The summed E-state index contributed by atoms with van der Waals surface area (Å²) in [6.07, 6.45) is 4.69. The van der Waals surface area contributed by atoms with E-state index in [0.717, 1.165) is 10.9 Å². The average Bonchev–Trinajstić information content (AvgIpc) is 2.73. The first kappa shape index (κ1) is 16.4. The van der Waals surface area contributed by atoms with Crippen molar-refractivity contribution in [1.82, 2.24) is 19.9 Å². The normalized spacial score (nSPS) is 17.3. The lowest BCUT2D eigenvalue weighted by Gasteiger charge is -2.33. The van der Waals surface area contributed by atoms with Gasteiger partial charge in [-0.2, -0.15) is 0 Å². The van der Waals surface area contributed by atoms with Gasteiger partial charge in [-0.05, 0) is 18.2 Å². The topological polar surface area (TPSA) is 80.2 Å². The fraction of sp³-hybridized carbons (Fsp3) is 0.263. The third kappa shape index (κ3) is 2.97. The average molecular weight is 349 g/mol. The molecule has 1 N–H and O–H groups in total. The third-order valence-corrected chi connectivity index (χ3v) is 4.50. The monoisotopic (exact) mass is 349 g/mol. The van der Waals surface area contributed by atoms with Crippen LogP contribution in [0.2, 0.25) is 0 Å². The van der Waals surface area contributed by atoms with Gasteiger partial charge in [0.2, 0.25) is 0 Å². The second-order valence-electron chi connectivity index (χ2n) is 6.03. The summed E-state index contributed by atoms with van der Waals surface area (Å²) >= 11 is 0. The summed E-state index contributed by atoms with van der Waals surface area (Å²) in [4.78, 5) is 27.9. The molecule has 1 aliphatic heterocycles. The standard InChI is InChI=1S/C19H19N5O2/c1-20-18-17(22-8-9-23-18)16-12-24(10-11-26-16)19(25)14-4-2-6-15-13(14)5-3-7-21-15/h2-9,16H,10-12H2,1H3,(H,20,23)/t16-/m0/s1. The van der Waals surface area contributed by atoms with Gasteiger partial charge in [-0.15, -0.1) is 0 Å². The Bertz CT molecular complexity index is 941.